The molecule has 0 bridgehead atoms. The van der Waals surface area contributed by atoms with Crippen LogP contribution < -0.4 is 5.32 Å². The maximum Gasteiger partial charge on any atom is 0.235 e. The van der Waals surface area contributed by atoms with Crippen molar-refractivity contribution in [1.82, 2.24) is 9.55 Å². The number of fused-ring (bicyclic) bond motifs is 1. The first-order valence-electron chi connectivity index (χ1n) is 9.40. The summed E-state index contributed by atoms with van der Waals surface area (Å²) >= 11 is 3.49. The van der Waals surface area contributed by atoms with Gasteiger partial charge in [-0.25, -0.2) is 4.98 Å². The third-order valence-corrected chi connectivity index (χ3v) is 7.65. The molecule has 0 saturated heterocycles. The number of aromatic nitrogens is 2. The minimum Gasteiger partial charge on any atom is -0.325 e. The van der Waals surface area contributed by atoms with E-state index in [2.05, 4.69) is 33.6 Å². The van der Waals surface area contributed by atoms with Crippen molar-refractivity contribution in [3.63, 3.8) is 0 Å². The van der Waals surface area contributed by atoms with Crippen LogP contribution in [0.3, 0.4) is 0 Å². The molecule has 0 radical (unpaired) electrons. The van der Waals surface area contributed by atoms with Gasteiger partial charge in [0.05, 0.1) is 11.1 Å². The zero-order valence-corrected chi connectivity index (χ0v) is 16.6. The quantitative estimate of drug-likeness (QED) is 0.663. The van der Waals surface area contributed by atoms with Crippen molar-refractivity contribution in [3.05, 3.63) is 52.9 Å². The Morgan fingerprint density at radius 2 is 2.07 bits per heavy atom. The van der Waals surface area contributed by atoms with E-state index in [-0.39, 0.29) is 11.3 Å². The number of hydrogen-bond acceptors (Lipinski definition) is 4. The average Bonchev–Trinajstić information content (AvgIpc) is 3.45. The van der Waals surface area contributed by atoms with E-state index >= 15 is 0 Å². The summed E-state index contributed by atoms with van der Waals surface area (Å²) in [4.78, 5) is 19.2. The first-order chi connectivity index (χ1) is 13.2. The molecule has 6 heteroatoms. The molecule has 5 rings (SSSR count). The highest BCUT2D eigenvalue weighted by Gasteiger charge is 2.43. The highest BCUT2D eigenvalue weighted by Crippen LogP contribution is 2.44. The Labute approximate surface area is 167 Å². The van der Waals surface area contributed by atoms with Crippen molar-refractivity contribution in [2.45, 2.75) is 42.8 Å². The number of carbonyl (C=O) groups excluding carboxylic acids is 1. The van der Waals surface area contributed by atoms with Crippen LogP contribution in [0.2, 0.25) is 0 Å². The lowest BCUT2D eigenvalue weighted by Crippen LogP contribution is -2.37. The summed E-state index contributed by atoms with van der Waals surface area (Å²) in [6.07, 6.45) is 6.21. The summed E-state index contributed by atoms with van der Waals surface area (Å²) in [5.74, 6) is 1.23. The lowest BCUT2D eigenvalue weighted by Gasteiger charge is -2.26. The lowest BCUT2D eigenvalue weighted by molar-refractivity contribution is -0.121. The molecule has 4 nitrogen and oxygen atoms in total. The number of nitrogens with one attached hydrogen (secondary N) is 1. The van der Waals surface area contributed by atoms with Crippen LogP contribution in [0.25, 0.3) is 11.3 Å². The van der Waals surface area contributed by atoms with Gasteiger partial charge in [-0.1, -0.05) is 42.8 Å². The van der Waals surface area contributed by atoms with Gasteiger partial charge in [-0.2, -0.15) is 0 Å². The average molecular weight is 396 g/mol. The predicted molar refractivity (Wildman–Crippen MR) is 111 cm³/mol. The Kier molecular flexibility index (Phi) is 4.32. The van der Waals surface area contributed by atoms with Gasteiger partial charge in [0, 0.05) is 34.6 Å². The third-order valence-electron chi connectivity index (χ3n) is 5.60. The van der Waals surface area contributed by atoms with Crippen LogP contribution in [0.1, 0.15) is 30.6 Å². The fraction of sp³-hybridized carbons (Fsp3) is 0.333. The Hall–Kier alpha value is -2.05. The van der Waals surface area contributed by atoms with Crippen molar-refractivity contribution in [3.8, 4) is 11.3 Å². The van der Waals surface area contributed by atoms with Crippen LogP contribution in [0.4, 0.5) is 5.69 Å². The molecule has 2 aliphatic rings. The molecule has 138 valence electrons. The molecule has 2 aromatic heterocycles. The Bertz CT molecular complexity index is 950. The molecule has 1 aliphatic carbocycles. The molecule has 0 spiro atoms. The first kappa shape index (κ1) is 17.1. The second-order valence-corrected chi connectivity index (χ2v) is 9.26. The Morgan fingerprint density at radius 1 is 1.19 bits per heavy atom. The first-order valence-corrected chi connectivity index (χ1v) is 11.3. The SMILES string of the molecule is O=C(Nc1cccc(-c2cn3c(n2)SCC3)c1)C1(c2cccs2)CCCC1. The summed E-state index contributed by atoms with van der Waals surface area (Å²) in [6.45, 7) is 1.02. The number of nitrogens with zero attached hydrogens (tertiary/aromatic N) is 2. The summed E-state index contributed by atoms with van der Waals surface area (Å²) in [5.41, 5.74) is 2.51. The molecule has 1 amide bonds. The molecule has 0 unspecified atom stereocenters. The number of amides is 1. The maximum atomic E-state index is 13.3. The van der Waals surface area contributed by atoms with Gasteiger partial charge in [0.25, 0.3) is 0 Å². The van der Waals surface area contributed by atoms with E-state index in [0.29, 0.717) is 0 Å². The second-order valence-electron chi connectivity index (χ2n) is 7.25. The molecule has 3 heterocycles. The van der Waals surface area contributed by atoms with Crippen LogP contribution in [0.15, 0.2) is 53.1 Å². The molecule has 1 aromatic carbocycles. The van der Waals surface area contributed by atoms with Gasteiger partial charge in [0.15, 0.2) is 5.16 Å². The predicted octanol–water partition coefficient (Wildman–Crippen LogP) is 5.17. The van der Waals surface area contributed by atoms with Gasteiger partial charge in [0.1, 0.15) is 0 Å². The van der Waals surface area contributed by atoms with Crippen molar-refractivity contribution in [2.24, 2.45) is 0 Å². The van der Waals surface area contributed by atoms with E-state index in [1.165, 1.54) is 4.88 Å². The number of imidazole rings is 1. The van der Waals surface area contributed by atoms with Crippen LogP contribution >= 0.6 is 23.1 Å². The highest BCUT2D eigenvalue weighted by atomic mass is 32.2. The fourth-order valence-electron chi connectivity index (χ4n) is 4.17. The van der Waals surface area contributed by atoms with Crippen LogP contribution in [-0.2, 0) is 16.8 Å². The highest BCUT2D eigenvalue weighted by molar-refractivity contribution is 7.99. The molecule has 1 aliphatic heterocycles. The van der Waals surface area contributed by atoms with E-state index in [1.807, 2.05) is 24.3 Å². The van der Waals surface area contributed by atoms with Gasteiger partial charge < -0.3 is 9.88 Å². The molecule has 1 N–H and O–H groups in total. The summed E-state index contributed by atoms with van der Waals surface area (Å²) < 4.78 is 2.20. The third kappa shape index (κ3) is 3.01. The minimum absolute atomic E-state index is 0.127. The number of thioether (sulfide) groups is 1. The number of anilines is 1. The van der Waals surface area contributed by atoms with Crippen LogP contribution in [-0.4, -0.2) is 21.2 Å². The number of rotatable bonds is 4. The van der Waals surface area contributed by atoms with Crippen molar-refractivity contribution < 1.29 is 4.79 Å². The molecular formula is C21H21N3OS2. The minimum atomic E-state index is -0.365. The topological polar surface area (TPSA) is 46.9 Å². The molecular weight excluding hydrogens is 374 g/mol. The zero-order valence-electron chi connectivity index (χ0n) is 15.0. The molecule has 0 atom stereocenters. The molecule has 3 aromatic rings. The van der Waals surface area contributed by atoms with Gasteiger partial charge in [-0.05, 0) is 36.4 Å². The van der Waals surface area contributed by atoms with Gasteiger partial charge >= 0.3 is 0 Å². The van der Waals surface area contributed by atoms with Crippen molar-refractivity contribution in [1.29, 1.82) is 0 Å². The van der Waals surface area contributed by atoms with Gasteiger partial charge in [-0.3, -0.25) is 4.79 Å². The second kappa shape index (κ2) is 6.84. The lowest BCUT2D eigenvalue weighted by atomic mass is 9.83. The normalized spacial score (nSPS) is 17.8. The van der Waals surface area contributed by atoms with Crippen molar-refractivity contribution in [2.75, 3.05) is 11.1 Å². The van der Waals surface area contributed by atoms with E-state index in [1.54, 1.807) is 23.1 Å². The zero-order chi connectivity index (χ0) is 18.3. The Morgan fingerprint density at radius 3 is 2.85 bits per heavy atom. The Balaban J connectivity index is 1.41. The molecule has 1 saturated carbocycles. The fourth-order valence-corrected chi connectivity index (χ4v) is 6.10. The standard InChI is InChI=1S/C21H21N3OS2/c25-19(21(8-1-2-9-21)18-7-4-11-26-18)22-16-6-3-5-15(13-16)17-14-24-10-12-27-20(24)23-17/h3-7,11,13-14H,1-2,8-10,12H2,(H,22,25). The summed E-state index contributed by atoms with van der Waals surface area (Å²) in [7, 11) is 0. The largest absolute Gasteiger partial charge is 0.325 e. The summed E-state index contributed by atoms with van der Waals surface area (Å²) in [6, 6.07) is 12.2. The van der Waals surface area contributed by atoms with E-state index in [4.69, 9.17) is 4.98 Å². The van der Waals surface area contributed by atoms with Crippen LogP contribution in [0, 0.1) is 0 Å². The summed E-state index contributed by atoms with van der Waals surface area (Å²) in [5, 5.41) is 6.35. The van der Waals surface area contributed by atoms with E-state index in [9.17, 15) is 4.79 Å². The number of thiophene rings is 1. The number of hydrogen-bond donors (Lipinski definition) is 1. The van der Waals surface area contributed by atoms with E-state index < -0.39 is 0 Å². The number of aryl methyl sites for hydroxylation is 1. The number of benzene rings is 1. The molecule has 1 fully saturated rings. The van der Waals surface area contributed by atoms with Gasteiger partial charge in [0.2, 0.25) is 5.91 Å². The smallest absolute Gasteiger partial charge is 0.235 e. The maximum absolute atomic E-state index is 13.3. The van der Waals surface area contributed by atoms with Crippen molar-refractivity contribution >= 4 is 34.7 Å². The van der Waals surface area contributed by atoms with Crippen LogP contribution in [0.5, 0.6) is 0 Å². The van der Waals surface area contributed by atoms with Gasteiger partial charge in [-0.15, -0.1) is 11.3 Å². The number of carbonyl (C=O) groups is 1. The monoisotopic (exact) mass is 395 g/mol. The van der Waals surface area contributed by atoms with E-state index in [0.717, 1.165) is 60.1 Å². The molecule has 27 heavy (non-hydrogen) atoms.